The van der Waals surface area contributed by atoms with Gasteiger partial charge in [0.15, 0.2) is 0 Å². The van der Waals surface area contributed by atoms with E-state index >= 15 is 0 Å². The molecule has 0 saturated heterocycles. The number of sulfonamides is 1. The quantitative estimate of drug-likeness (QED) is 0.733. The Morgan fingerprint density at radius 1 is 1.29 bits per heavy atom. The van der Waals surface area contributed by atoms with Crippen molar-refractivity contribution in [2.24, 2.45) is 5.14 Å². The van der Waals surface area contributed by atoms with Crippen LogP contribution in [0.3, 0.4) is 0 Å². The maximum atomic E-state index is 11.3. The molecular formula is C11H8N4O4S2. The molecule has 0 bridgehead atoms. The van der Waals surface area contributed by atoms with Gasteiger partial charge in [-0.2, -0.15) is 0 Å². The van der Waals surface area contributed by atoms with E-state index in [1.54, 1.807) is 12.1 Å². The first kappa shape index (κ1) is 13.7. The molecule has 8 nitrogen and oxygen atoms in total. The van der Waals surface area contributed by atoms with Gasteiger partial charge in [0.1, 0.15) is 0 Å². The summed E-state index contributed by atoms with van der Waals surface area (Å²) in [5.74, 6) is -1.02. The minimum Gasteiger partial charge on any atom is -0.478 e. The van der Waals surface area contributed by atoms with Crippen LogP contribution in [0.2, 0.25) is 0 Å². The van der Waals surface area contributed by atoms with Gasteiger partial charge in [-0.3, -0.25) is 0 Å². The maximum absolute atomic E-state index is 11.3. The molecule has 3 aromatic rings. The van der Waals surface area contributed by atoms with Gasteiger partial charge in [0.2, 0.25) is 9.30 Å². The fourth-order valence-electron chi connectivity index (χ4n) is 1.77. The number of aromatic carboxylic acids is 1. The Bertz CT molecular complexity index is 940. The number of aromatic nitrogens is 3. The van der Waals surface area contributed by atoms with Crippen molar-refractivity contribution in [2.75, 3.05) is 0 Å². The molecule has 0 radical (unpaired) electrons. The molecule has 0 aliphatic rings. The fraction of sp³-hybridized carbons (Fsp3) is 0. The summed E-state index contributed by atoms with van der Waals surface area (Å²) in [6.07, 6.45) is 1.53. The largest absolute Gasteiger partial charge is 0.478 e. The van der Waals surface area contributed by atoms with Gasteiger partial charge in [0.25, 0.3) is 10.0 Å². The van der Waals surface area contributed by atoms with E-state index < -0.39 is 16.0 Å². The van der Waals surface area contributed by atoms with Crippen LogP contribution in [0, 0.1) is 0 Å². The number of carboxylic acid groups (broad SMARTS) is 1. The monoisotopic (exact) mass is 324 g/mol. The number of rotatable bonds is 3. The fourth-order valence-corrected chi connectivity index (χ4v) is 3.26. The molecule has 0 saturated carbocycles. The van der Waals surface area contributed by atoms with Gasteiger partial charge in [-0.25, -0.2) is 27.9 Å². The summed E-state index contributed by atoms with van der Waals surface area (Å²) in [6, 6.07) is 6.10. The lowest BCUT2D eigenvalue weighted by atomic mass is 10.1. The topological polar surface area (TPSA) is 128 Å². The lowest BCUT2D eigenvalue weighted by molar-refractivity contribution is 0.0697. The van der Waals surface area contributed by atoms with Gasteiger partial charge >= 0.3 is 5.97 Å². The third kappa shape index (κ3) is 2.39. The Hall–Kier alpha value is -2.30. The summed E-state index contributed by atoms with van der Waals surface area (Å²) >= 11 is 0.861. The molecule has 0 unspecified atom stereocenters. The molecule has 108 valence electrons. The van der Waals surface area contributed by atoms with Crippen molar-refractivity contribution < 1.29 is 18.3 Å². The number of nitrogens with two attached hydrogens (primary N) is 1. The molecule has 1 aromatic carbocycles. The zero-order valence-electron chi connectivity index (χ0n) is 10.3. The number of carbonyl (C=O) groups is 1. The van der Waals surface area contributed by atoms with E-state index in [0.29, 0.717) is 16.2 Å². The number of hydrogen-bond acceptors (Lipinski definition) is 6. The summed E-state index contributed by atoms with van der Waals surface area (Å²) in [4.78, 5) is 15.3. The van der Waals surface area contributed by atoms with E-state index in [1.807, 2.05) is 0 Å². The molecule has 2 aromatic heterocycles. The summed E-state index contributed by atoms with van der Waals surface area (Å²) in [6.45, 7) is 0. The van der Waals surface area contributed by atoms with Crippen molar-refractivity contribution in [1.82, 2.24) is 14.6 Å². The summed E-state index contributed by atoms with van der Waals surface area (Å²) in [7, 11) is -3.88. The lowest BCUT2D eigenvalue weighted by Crippen LogP contribution is -2.12. The Balaban J connectivity index is 2.12. The van der Waals surface area contributed by atoms with Crippen LogP contribution >= 0.6 is 11.3 Å². The van der Waals surface area contributed by atoms with Crippen LogP contribution in [0.25, 0.3) is 16.2 Å². The maximum Gasteiger partial charge on any atom is 0.335 e. The van der Waals surface area contributed by atoms with E-state index in [9.17, 15) is 13.2 Å². The zero-order chi connectivity index (χ0) is 15.2. The van der Waals surface area contributed by atoms with E-state index in [0.717, 1.165) is 11.3 Å². The molecule has 21 heavy (non-hydrogen) atoms. The van der Waals surface area contributed by atoms with Gasteiger partial charge in [0, 0.05) is 5.56 Å². The normalized spacial score (nSPS) is 11.9. The van der Waals surface area contributed by atoms with Crippen molar-refractivity contribution in [2.45, 2.75) is 4.34 Å². The van der Waals surface area contributed by atoms with Crippen LogP contribution in [-0.4, -0.2) is 34.1 Å². The van der Waals surface area contributed by atoms with Crippen molar-refractivity contribution in [3.63, 3.8) is 0 Å². The minimum absolute atomic E-state index is 0.156. The van der Waals surface area contributed by atoms with Crippen LogP contribution in [0.15, 0.2) is 34.8 Å². The smallest absolute Gasteiger partial charge is 0.335 e. The number of nitrogens with zero attached hydrogens (tertiary/aromatic N) is 3. The molecule has 2 heterocycles. The highest BCUT2D eigenvalue weighted by Crippen LogP contribution is 2.25. The predicted molar refractivity (Wildman–Crippen MR) is 74.6 cm³/mol. The van der Waals surface area contributed by atoms with Crippen LogP contribution in [0.1, 0.15) is 10.4 Å². The van der Waals surface area contributed by atoms with Crippen LogP contribution in [0.4, 0.5) is 0 Å². The van der Waals surface area contributed by atoms with Gasteiger partial charge in [-0.05, 0) is 12.1 Å². The van der Waals surface area contributed by atoms with Gasteiger partial charge in [0.05, 0.1) is 17.5 Å². The average molecular weight is 324 g/mol. The molecule has 0 atom stereocenters. The average Bonchev–Trinajstić information content (AvgIpc) is 2.97. The number of imidazole rings is 1. The third-order valence-corrected chi connectivity index (χ3v) is 4.97. The second-order valence-corrected chi connectivity index (χ2v) is 6.82. The molecule has 0 aliphatic heterocycles. The summed E-state index contributed by atoms with van der Waals surface area (Å²) in [5, 5.41) is 17.8. The second kappa shape index (κ2) is 4.62. The van der Waals surface area contributed by atoms with Crippen LogP contribution in [0.5, 0.6) is 0 Å². The van der Waals surface area contributed by atoms with Crippen LogP contribution in [-0.2, 0) is 10.0 Å². The Morgan fingerprint density at radius 3 is 2.52 bits per heavy atom. The number of hydrogen-bond donors (Lipinski definition) is 2. The van der Waals surface area contributed by atoms with E-state index in [2.05, 4.69) is 10.1 Å². The molecule has 3 rings (SSSR count). The SMILES string of the molecule is NS(=O)(=O)c1nn2c(-c3ccc(C(=O)O)cc3)cnc2s1. The number of carboxylic acids is 1. The molecule has 0 aliphatic carbocycles. The van der Waals surface area contributed by atoms with Crippen molar-refractivity contribution >= 4 is 32.3 Å². The number of fused-ring (bicyclic) bond motifs is 1. The lowest BCUT2D eigenvalue weighted by Gasteiger charge is -1.99. The van der Waals surface area contributed by atoms with E-state index in [1.165, 1.54) is 22.8 Å². The van der Waals surface area contributed by atoms with Gasteiger partial charge in [-0.15, -0.1) is 5.10 Å². The zero-order valence-corrected chi connectivity index (χ0v) is 11.9. The Morgan fingerprint density at radius 2 is 1.95 bits per heavy atom. The third-order valence-electron chi connectivity index (χ3n) is 2.74. The van der Waals surface area contributed by atoms with E-state index in [4.69, 9.17) is 10.2 Å². The molecule has 0 spiro atoms. The van der Waals surface area contributed by atoms with Crippen molar-refractivity contribution in [1.29, 1.82) is 0 Å². The highest BCUT2D eigenvalue weighted by atomic mass is 32.2. The standard InChI is InChI=1S/C11H8N4O4S2/c12-21(18,19)11-14-15-8(5-13-10(15)20-11)6-1-3-7(4-2-6)9(16)17/h1-5H,(H,16,17)(H2,12,18,19). The predicted octanol–water partition coefficient (Wildman–Crippen LogP) is 0.803. The highest BCUT2D eigenvalue weighted by Gasteiger charge is 2.18. The van der Waals surface area contributed by atoms with Crippen molar-refractivity contribution in [3.8, 4) is 11.3 Å². The Kier molecular flexibility index (Phi) is 3.01. The summed E-state index contributed by atoms with van der Waals surface area (Å²) < 4.78 is 23.7. The minimum atomic E-state index is -3.88. The Labute approximate surface area is 122 Å². The second-order valence-electron chi connectivity index (χ2n) is 4.13. The van der Waals surface area contributed by atoms with Crippen molar-refractivity contribution in [3.05, 3.63) is 36.0 Å². The molecular weight excluding hydrogens is 316 g/mol. The first-order valence-corrected chi connectivity index (χ1v) is 7.93. The van der Waals surface area contributed by atoms with E-state index in [-0.39, 0.29) is 9.90 Å². The molecule has 0 fully saturated rings. The first-order valence-electron chi connectivity index (χ1n) is 5.57. The van der Waals surface area contributed by atoms with Gasteiger partial charge < -0.3 is 5.11 Å². The highest BCUT2D eigenvalue weighted by molar-refractivity contribution is 7.91. The number of benzene rings is 1. The van der Waals surface area contributed by atoms with Crippen LogP contribution < -0.4 is 5.14 Å². The first-order chi connectivity index (χ1) is 9.86. The van der Waals surface area contributed by atoms with Gasteiger partial charge in [-0.1, -0.05) is 23.5 Å². The molecule has 3 N–H and O–H groups in total. The summed E-state index contributed by atoms with van der Waals surface area (Å²) in [5.41, 5.74) is 1.37. The number of primary sulfonamides is 1. The molecule has 10 heteroatoms. The molecule has 0 amide bonds.